The summed E-state index contributed by atoms with van der Waals surface area (Å²) in [4.78, 5) is 15.4. The number of carbonyl (C=O) groups is 1. The summed E-state index contributed by atoms with van der Waals surface area (Å²) >= 11 is 1.51. The van der Waals surface area contributed by atoms with Gasteiger partial charge in [0, 0.05) is 28.4 Å². The second kappa shape index (κ2) is 7.01. The molecular weight excluding hydrogens is 324 g/mol. The number of carbonyl (C=O) groups excluding carboxylic acids is 1. The molecule has 1 heterocycles. The van der Waals surface area contributed by atoms with E-state index in [1.54, 1.807) is 19.2 Å². The SMILES string of the molecule is COc1cccc(Nc2nc(-c3ccc(NC(N)=O)cc3)cs2)c1. The predicted molar refractivity (Wildman–Crippen MR) is 97.0 cm³/mol. The lowest BCUT2D eigenvalue weighted by molar-refractivity contribution is 0.259. The average Bonchev–Trinajstić information content (AvgIpc) is 3.03. The van der Waals surface area contributed by atoms with Crippen LogP contribution in [0.3, 0.4) is 0 Å². The van der Waals surface area contributed by atoms with Crippen LogP contribution in [0.2, 0.25) is 0 Å². The first-order chi connectivity index (χ1) is 11.6. The lowest BCUT2D eigenvalue weighted by Crippen LogP contribution is -2.19. The molecule has 0 bridgehead atoms. The van der Waals surface area contributed by atoms with E-state index in [4.69, 9.17) is 10.5 Å². The van der Waals surface area contributed by atoms with Crippen LogP contribution in [0.25, 0.3) is 11.3 Å². The smallest absolute Gasteiger partial charge is 0.316 e. The Morgan fingerprint density at radius 3 is 2.67 bits per heavy atom. The highest BCUT2D eigenvalue weighted by Gasteiger charge is 2.06. The Labute approximate surface area is 143 Å². The molecule has 24 heavy (non-hydrogen) atoms. The molecule has 3 rings (SSSR count). The number of methoxy groups -OCH3 is 1. The summed E-state index contributed by atoms with van der Waals surface area (Å²) in [5, 5.41) is 8.55. The molecular formula is C17H16N4O2S. The van der Waals surface area contributed by atoms with Gasteiger partial charge in [0.2, 0.25) is 0 Å². The molecule has 0 spiro atoms. The highest BCUT2D eigenvalue weighted by Crippen LogP contribution is 2.28. The monoisotopic (exact) mass is 340 g/mol. The molecule has 0 atom stereocenters. The second-order valence-corrected chi connectivity index (χ2v) is 5.82. The Morgan fingerprint density at radius 1 is 1.17 bits per heavy atom. The highest BCUT2D eigenvalue weighted by molar-refractivity contribution is 7.14. The maximum absolute atomic E-state index is 10.8. The molecule has 0 aliphatic heterocycles. The summed E-state index contributed by atoms with van der Waals surface area (Å²) in [7, 11) is 1.64. The number of anilines is 3. The molecule has 3 aromatic rings. The summed E-state index contributed by atoms with van der Waals surface area (Å²) in [6, 6.07) is 14.4. The number of aromatic nitrogens is 1. The number of urea groups is 1. The van der Waals surface area contributed by atoms with Gasteiger partial charge in [0.15, 0.2) is 5.13 Å². The molecule has 6 nitrogen and oxygen atoms in total. The summed E-state index contributed by atoms with van der Waals surface area (Å²) < 4.78 is 5.21. The minimum absolute atomic E-state index is 0.582. The van der Waals surface area contributed by atoms with Gasteiger partial charge in [0.1, 0.15) is 5.75 Å². The molecule has 2 amide bonds. The van der Waals surface area contributed by atoms with E-state index in [2.05, 4.69) is 15.6 Å². The Balaban J connectivity index is 1.74. The van der Waals surface area contributed by atoms with Gasteiger partial charge in [-0.25, -0.2) is 9.78 Å². The third-order valence-corrected chi connectivity index (χ3v) is 4.03. The predicted octanol–water partition coefficient (Wildman–Crippen LogP) is 4.05. The van der Waals surface area contributed by atoms with Crippen molar-refractivity contribution in [2.75, 3.05) is 17.7 Å². The minimum Gasteiger partial charge on any atom is -0.497 e. The van der Waals surface area contributed by atoms with Crippen LogP contribution in [-0.2, 0) is 0 Å². The summed E-state index contributed by atoms with van der Waals surface area (Å²) in [6.07, 6.45) is 0. The third-order valence-electron chi connectivity index (χ3n) is 3.27. The maximum Gasteiger partial charge on any atom is 0.316 e. The van der Waals surface area contributed by atoms with Gasteiger partial charge in [0.25, 0.3) is 0 Å². The van der Waals surface area contributed by atoms with Gasteiger partial charge >= 0.3 is 6.03 Å². The van der Waals surface area contributed by atoms with E-state index in [9.17, 15) is 4.79 Å². The van der Waals surface area contributed by atoms with Crippen LogP contribution in [0.4, 0.5) is 21.3 Å². The Kier molecular flexibility index (Phi) is 4.62. The molecule has 0 aliphatic carbocycles. The number of ether oxygens (including phenoxy) is 1. The molecule has 0 radical (unpaired) electrons. The normalized spacial score (nSPS) is 10.2. The van der Waals surface area contributed by atoms with Crippen LogP contribution in [-0.4, -0.2) is 18.1 Å². The van der Waals surface area contributed by atoms with Crippen molar-refractivity contribution >= 4 is 33.9 Å². The van der Waals surface area contributed by atoms with E-state index >= 15 is 0 Å². The number of hydrogen-bond acceptors (Lipinski definition) is 5. The van der Waals surface area contributed by atoms with Crippen LogP contribution in [0.1, 0.15) is 0 Å². The van der Waals surface area contributed by atoms with E-state index in [1.165, 1.54) is 11.3 Å². The van der Waals surface area contributed by atoms with E-state index in [0.717, 1.165) is 27.8 Å². The zero-order valence-electron chi connectivity index (χ0n) is 12.9. The van der Waals surface area contributed by atoms with Gasteiger partial charge in [-0.15, -0.1) is 11.3 Å². The van der Waals surface area contributed by atoms with E-state index in [1.807, 2.05) is 41.8 Å². The van der Waals surface area contributed by atoms with Gasteiger partial charge in [-0.2, -0.15) is 0 Å². The standard InChI is InChI=1S/C17H16N4O2S/c1-23-14-4-2-3-13(9-14)20-17-21-15(10-24-17)11-5-7-12(8-6-11)19-16(18)22/h2-10H,1H3,(H,20,21)(H3,18,19,22). The maximum atomic E-state index is 10.8. The molecule has 0 aliphatic rings. The van der Waals surface area contributed by atoms with Crippen molar-refractivity contribution < 1.29 is 9.53 Å². The Hall–Kier alpha value is -3.06. The Bertz CT molecular complexity index is 846. The molecule has 0 unspecified atom stereocenters. The molecule has 4 N–H and O–H groups in total. The largest absolute Gasteiger partial charge is 0.497 e. The van der Waals surface area contributed by atoms with Crippen LogP contribution in [0.5, 0.6) is 5.75 Å². The number of amides is 2. The van der Waals surface area contributed by atoms with Crippen molar-refractivity contribution in [3.8, 4) is 17.0 Å². The molecule has 0 fully saturated rings. The van der Waals surface area contributed by atoms with Crippen molar-refractivity contribution in [2.45, 2.75) is 0 Å². The van der Waals surface area contributed by atoms with E-state index in [-0.39, 0.29) is 0 Å². The van der Waals surface area contributed by atoms with Gasteiger partial charge in [0.05, 0.1) is 12.8 Å². The highest BCUT2D eigenvalue weighted by atomic mass is 32.1. The summed E-state index contributed by atoms with van der Waals surface area (Å²) in [5.41, 5.74) is 8.47. The molecule has 122 valence electrons. The van der Waals surface area contributed by atoms with Gasteiger partial charge in [-0.3, -0.25) is 0 Å². The van der Waals surface area contributed by atoms with Crippen molar-refractivity contribution in [3.05, 3.63) is 53.9 Å². The van der Waals surface area contributed by atoms with Gasteiger partial charge in [-0.05, 0) is 24.3 Å². The zero-order valence-corrected chi connectivity index (χ0v) is 13.8. The molecule has 1 aromatic heterocycles. The topological polar surface area (TPSA) is 89.3 Å². The second-order valence-electron chi connectivity index (χ2n) is 4.96. The number of nitrogens with one attached hydrogen (secondary N) is 2. The molecule has 0 saturated carbocycles. The first-order valence-corrected chi connectivity index (χ1v) is 8.05. The van der Waals surface area contributed by atoms with Crippen molar-refractivity contribution in [1.29, 1.82) is 0 Å². The summed E-state index contributed by atoms with van der Waals surface area (Å²) in [6.45, 7) is 0. The number of thiazole rings is 1. The summed E-state index contributed by atoms with van der Waals surface area (Å²) in [5.74, 6) is 0.786. The van der Waals surface area contributed by atoms with Crippen LogP contribution in [0.15, 0.2) is 53.9 Å². The van der Waals surface area contributed by atoms with Crippen LogP contribution < -0.4 is 21.1 Å². The first kappa shape index (κ1) is 15.8. The average molecular weight is 340 g/mol. The van der Waals surface area contributed by atoms with E-state index < -0.39 is 6.03 Å². The number of nitrogens with zero attached hydrogens (tertiary/aromatic N) is 1. The first-order valence-electron chi connectivity index (χ1n) is 7.17. The van der Waals surface area contributed by atoms with Crippen molar-refractivity contribution in [2.24, 2.45) is 5.73 Å². The van der Waals surface area contributed by atoms with Crippen molar-refractivity contribution in [3.63, 3.8) is 0 Å². The van der Waals surface area contributed by atoms with Gasteiger partial charge in [-0.1, -0.05) is 18.2 Å². The zero-order chi connectivity index (χ0) is 16.9. The van der Waals surface area contributed by atoms with Crippen LogP contribution >= 0.6 is 11.3 Å². The lowest BCUT2D eigenvalue weighted by Gasteiger charge is -2.05. The van der Waals surface area contributed by atoms with Gasteiger partial charge < -0.3 is 21.1 Å². The lowest BCUT2D eigenvalue weighted by atomic mass is 10.1. The number of nitrogens with two attached hydrogens (primary N) is 1. The van der Waals surface area contributed by atoms with E-state index in [0.29, 0.717) is 5.69 Å². The number of hydrogen-bond donors (Lipinski definition) is 3. The Morgan fingerprint density at radius 2 is 1.96 bits per heavy atom. The fraction of sp³-hybridized carbons (Fsp3) is 0.0588. The number of primary amides is 1. The number of rotatable bonds is 5. The van der Waals surface area contributed by atoms with Crippen molar-refractivity contribution in [1.82, 2.24) is 4.98 Å². The number of benzene rings is 2. The van der Waals surface area contributed by atoms with Crippen LogP contribution in [0, 0.1) is 0 Å². The minimum atomic E-state index is -0.582. The molecule has 7 heteroatoms. The fourth-order valence-corrected chi connectivity index (χ4v) is 2.89. The molecule has 0 saturated heterocycles. The third kappa shape index (κ3) is 3.82. The fourth-order valence-electron chi connectivity index (χ4n) is 2.15. The quantitative estimate of drug-likeness (QED) is 0.653. The molecule has 2 aromatic carbocycles.